The second-order valence-electron chi connectivity index (χ2n) is 8.43. The topological polar surface area (TPSA) is 68.2 Å². The van der Waals surface area contributed by atoms with Gasteiger partial charge in [-0.05, 0) is 36.6 Å². The van der Waals surface area contributed by atoms with Gasteiger partial charge < -0.3 is 19.4 Å². The van der Waals surface area contributed by atoms with Gasteiger partial charge in [-0.15, -0.1) is 5.10 Å². The predicted molar refractivity (Wildman–Crippen MR) is 126 cm³/mol. The van der Waals surface area contributed by atoms with Crippen molar-refractivity contribution in [3.63, 3.8) is 0 Å². The molecule has 8 heteroatoms. The maximum atomic E-state index is 13.8. The third-order valence-electron chi connectivity index (χ3n) is 6.41. The lowest BCUT2D eigenvalue weighted by atomic mass is 10.0. The molecule has 0 atom stereocenters. The number of methoxy groups -OCH3 is 2. The van der Waals surface area contributed by atoms with Gasteiger partial charge >= 0.3 is 0 Å². The van der Waals surface area contributed by atoms with E-state index in [1.807, 2.05) is 23.1 Å². The molecular formula is C25H28FN5O2. The largest absolute Gasteiger partial charge is 0.479 e. The summed E-state index contributed by atoms with van der Waals surface area (Å²) in [6.07, 6.45) is 7.82. The van der Waals surface area contributed by atoms with Crippen molar-refractivity contribution < 1.29 is 13.9 Å². The van der Waals surface area contributed by atoms with Crippen LogP contribution in [0, 0.1) is 5.82 Å². The molecule has 0 spiro atoms. The van der Waals surface area contributed by atoms with E-state index < -0.39 is 0 Å². The molecule has 1 aromatic carbocycles. The molecule has 4 aromatic rings. The van der Waals surface area contributed by atoms with E-state index in [0.717, 1.165) is 72.4 Å². The highest BCUT2D eigenvalue weighted by atomic mass is 19.1. The Morgan fingerprint density at radius 2 is 1.97 bits per heavy atom. The summed E-state index contributed by atoms with van der Waals surface area (Å²) in [7, 11) is 3.38. The van der Waals surface area contributed by atoms with Crippen molar-refractivity contribution in [2.75, 3.05) is 40.5 Å². The van der Waals surface area contributed by atoms with Crippen molar-refractivity contribution in [3.8, 4) is 28.1 Å². The van der Waals surface area contributed by atoms with Crippen LogP contribution in [0.3, 0.4) is 0 Å². The molecule has 0 saturated carbocycles. The molecule has 1 saturated heterocycles. The number of piperidine rings is 1. The van der Waals surface area contributed by atoms with E-state index in [1.54, 1.807) is 20.3 Å². The van der Waals surface area contributed by atoms with Gasteiger partial charge in [0.05, 0.1) is 25.3 Å². The van der Waals surface area contributed by atoms with Gasteiger partial charge in [0, 0.05) is 61.8 Å². The second kappa shape index (κ2) is 9.33. The summed E-state index contributed by atoms with van der Waals surface area (Å²) >= 11 is 0. The molecule has 4 heterocycles. The molecule has 172 valence electrons. The Morgan fingerprint density at radius 1 is 1.12 bits per heavy atom. The lowest BCUT2D eigenvalue weighted by Gasteiger charge is -2.31. The molecule has 1 aliphatic heterocycles. The van der Waals surface area contributed by atoms with Crippen LogP contribution < -0.4 is 4.74 Å². The zero-order valence-electron chi connectivity index (χ0n) is 18.9. The van der Waals surface area contributed by atoms with Gasteiger partial charge in [0.15, 0.2) is 0 Å². The first-order chi connectivity index (χ1) is 16.2. The van der Waals surface area contributed by atoms with Gasteiger partial charge in [-0.3, -0.25) is 4.68 Å². The first-order valence-corrected chi connectivity index (χ1v) is 11.2. The zero-order chi connectivity index (χ0) is 22.8. The SMILES string of the molecule is COCCN1CCC(n2cc(-c3cnc4[nH]cc(-c5cccc(F)c5)c4c3)c(OC)n2)CC1. The van der Waals surface area contributed by atoms with Crippen LogP contribution >= 0.6 is 0 Å². The third-order valence-corrected chi connectivity index (χ3v) is 6.41. The number of fused-ring (bicyclic) bond motifs is 1. The highest BCUT2D eigenvalue weighted by molar-refractivity contribution is 5.96. The molecular weight excluding hydrogens is 421 g/mol. The number of ether oxygens (including phenoxy) is 2. The smallest absolute Gasteiger partial charge is 0.240 e. The number of nitrogens with zero attached hydrogens (tertiary/aromatic N) is 4. The minimum absolute atomic E-state index is 0.262. The van der Waals surface area contributed by atoms with E-state index in [0.29, 0.717) is 11.9 Å². The number of benzene rings is 1. The number of aromatic amines is 1. The summed E-state index contributed by atoms with van der Waals surface area (Å²) in [6.45, 7) is 3.78. The van der Waals surface area contributed by atoms with E-state index in [1.165, 1.54) is 12.1 Å². The normalized spacial score (nSPS) is 15.4. The van der Waals surface area contributed by atoms with E-state index >= 15 is 0 Å². The van der Waals surface area contributed by atoms with E-state index in [9.17, 15) is 4.39 Å². The van der Waals surface area contributed by atoms with Crippen LogP contribution in [0.1, 0.15) is 18.9 Å². The Bertz CT molecular complexity index is 1240. The molecule has 0 aliphatic carbocycles. The quantitative estimate of drug-likeness (QED) is 0.449. The van der Waals surface area contributed by atoms with Crippen molar-refractivity contribution in [1.29, 1.82) is 0 Å². The average molecular weight is 450 g/mol. The second-order valence-corrected chi connectivity index (χ2v) is 8.43. The fraction of sp³-hybridized carbons (Fsp3) is 0.360. The molecule has 5 rings (SSSR count). The van der Waals surface area contributed by atoms with Crippen molar-refractivity contribution in [2.45, 2.75) is 18.9 Å². The minimum Gasteiger partial charge on any atom is -0.479 e. The lowest BCUT2D eigenvalue weighted by molar-refractivity contribution is 0.119. The van der Waals surface area contributed by atoms with E-state index in [-0.39, 0.29) is 5.82 Å². The molecule has 33 heavy (non-hydrogen) atoms. The summed E-state index contributed by atoms with van der Waals surface area (Å²) in [4.78, 5) is 10.2. The Labute approximate surface area is 192 Å². The van der Waals surface area contributed by atoms with Crippen molar-refractivity contribution in [2.24, 2.45) is 0 Å². The van der Waals surface area contributed by atoms with Crippen LogP contribution in [0.15, 0.2) is 48.9 Å². The Hall–Kier alpha value is -3.23. The van der Waals surface area contributed by atoms with Crippen LogP contribution in [0.25, 0.3) is 33.3 Å². The standard InChI is InChI=1S/C25H28FN5O2/c1-32-11-10-30-8-6-20(7-9-30)31-16-23(25(29-31)33-2)18-13-21-22(15-28-24(21)27-14-18)17-4-3-5-19(26)12-17/h3-5,12-16,20H,6-11H2,1-2H3,(H,27,28). The third kappa shape index (κ3) is 4.36. The number of hydrogen-bond acceptors (Lipinski definition) is 5. The van der Waals surface area contributed by atoms with Crippen LogP contribution in [0.5, 0.6) is 5.88 Å². The van der Waals surface area contributed by atoms with E-state index in [2.05, 4.69) is 27.1 Å². The highest BCUT2D eigenvalue weighted by Crippen LogP contribution is 2.35. The van der Waals surface area contributed by atoms with Gasteiger partial charge in [0.25, 0.3) is 0 Å². The number of H-pyrrole nitrogens is 1. The first-order valence-electron chi connectivity index (χ1n) is 11.2. The van der Waals surface area contributed by atoms with Crippen molar-refractivity contribution in [1.82, 2.24) is 24.6 Å². The number of rotatable bonds is 7. The number of halogens is 1. The Balaban J connectivity index is 1.44. The van der Waals surface area contributed by atoms with Gasteiger partial charge in [-0.2, -0.15) is 0 Å². The molecule has 1 fully saturated rings. The number of likely N-dealkylation sites (tertiary alicyclic amines) is 1. The molecule has 0 bridgehead atoms. The zero-order valence-corrected chi connectivity index (χ0v) is 18.9. The number of hydrogen-bond donors (Lipinski definition) is 1. The maximum Gasteiger partial charge on any atom is 0.240 e. The fourth-order valence-corrected chi connectivity index (χ4v) is 4.58. The molecule has 0 unspecified atom stereocenters. The Morgan fingerprint density at radius 3 is 2.73 bits per heavy atom. The first kappa shape index (κ1) is 21.6. The number of pyridine rings is 1. The minimum atomic E-state index is -0.262. The predicted octanol–water partition coefficient (Wildman–Crippen LogP) is 4.52. The molecule has 3 aromatic heterocycles. The summed E-state index contributed by atoms with van der Waals surface area (Å²) in [5, 5.41) is 5.67. The van der Waals surface area contributed by atoms with Crippen LogP contribution in [0.4, 0.5) is 4.39 Å². The summed E-state index contributed by atoms with van der Waals surface area (Å²) < 4.78 is 26.7. The van der Waals surface area contributed by atoms with Crippen molar-refractivity contribution in [3.05, 3.63) is 54.7 Å². The van der Waals surface area contributed by atoms with Crippen molar-refractivity contribution >= 4 is 11.0 Å². The molecule has 0 amide bonds. The summed E-state index contributed by atoms with van der Waals surface area (Å²) in [5.74, 6) is 0.322. The van der Waals surface area contributed by atoms with Gasteiger partial charge in [0.2, 0.25) is 5.88 Å². The highest BCUT2D eigenvalue weighted by Gasteiger charge is 2.23. The van der Waals surface area contributed by atoms with Gasteiger partial charge in [-0.25, -0.2) is 9.37 Å². The number of nitrogens with one attached hydrogen (secondary N) is 1. The molecule has 1 aliphatic rings. The average Bonchev–Trinajstić information content (AvgIpc) is 3.47. The van der Waals surface area contributed by atoms with Crippen LogP contribution in [0.2, 0.25) is 0 Å². The molecule has 7 nitrogen and oxygen atoms in total. The maximum absolute atomic E-state index is 13.8. The molecule has 0 radical (unpaired) electrons. The van der Waals surface area contributed by atoms with Gasteiger partial charge in [-0.1, -0.05) is 12.1 Å². The monoisotopic (exact) mass is 449 g/mol. The molecule has 1 N–H and O–H groups in total. The number of aromatic nitrogens is 4. The van der Waals surface area contributed by atoms with E-state index in [4.69, 9.17) is 14.6 Å². The Kier molecular flexibility index (Phi) is 6.11. The summed E-state index contributed by atoms with van der Waals surface area (Å²) in [5.41, 5.74) is 4.30. The fourth-order valence-electron chi connectivity index (χ4n) is 4.58. The lowest BCUT2D eigenvalue weighted by Crippen LogP contribution is -2.36. The summed E-state index contributed by atoms with van der Waals surface area (Å²) in [6, 6.07) is 9.00. The van der Waals surface area contributed by atoms with Gasteiger partial charge in [0.1, 0.15) is 11.5 Å². The van der Waals surface area contributed by atoms with Crippen LogP contribution in [-0.2, 0) is 4.74 Å². The van der Waals surface area contributed by atoms with Crippen LogP contribution in [-0.4, -0.2) is 65.1 Å².